The maximum atomic E-state index is 10.6. The Balaban J connectivity index is 3.29. The van der Waals surface area contributed by atoms with Crippen LogP contribution in [-0.4, -0.2) is 29.3 Å². The fourth-order valence-electron chi connectivity index (χ4n) is 1.74. The van der Waals surface area contributed by atoms with Gasteiger partial charge in [0.25, 0.3) is 0 Å². The monoisotopic (exact) mass is 240 g/mol. The van der Waals surface area contributed by atoms with Crippen molar-refractivity contribution >= 4 is 0 Å². The Bertz CT molecular complexity index is 382. The molecule has 1 aromatic heterocycles. The number of rotatable bonds is 5. The topological polar surface area (TPSA) is 64.5 Å². The van der Waals surface area contributed by atoms with Crippen LogP contribution in [0.4, 0.5) is 0 Å². The normalized spacial score (nSPS) is 14.5. The van der Waals surface area contributed by atoms with Crippen LogP contribution in [0.1, 0.15) is 32.9 Å². The van der Waals surface area contributed by atoms with Crippen molar-refractivity contribution in [3.8, 4) is 11.8 Å². The first-order chi connectivity index (χ1) is 7.99. The lowest BCUT2D eigenvalue weighted by molar-refractivity contribution is -0.0207. The fraction of sp³-hybridized carbons (Fsp3) is 0.667. The van der Waals surface area contributed by atoms with Gasteiger partial charge in [-0.3, -0.25) is 0 Å². The van der Waals surface area contributed by atoms with Crippen molar-refractivity contribution in [1.82, 2.24) is 9.97 Å². The lowest BCUT2D eigenvalue weighted by Gasteiger charge is -2.30. The molecule has 0 spiro atoms. The Labute approximate surface area is 102 Å². The standard InChI is InChI=1S/C12H20N2O3/c1-6-12(15,8(2)3)10-11(17-5)14-9(16-4)7-13-10/h7-8,15H,6H2,1-5H3. The molecule has 5 heteroatoms. The van der Waals surface area contributed by atoms with Crippen LogP contribution >= 0.6 is 0 Å². The molecule has 96 valence electrons. The minimum absolute atomic E-state index is 0.0177. The first-order valence-corrected chi connectivity index (χ1v) is 5.67. The summed E-state index contributed by atoms with van der Waals surface area (Å²) in [5.74, 6) is 0.694. The van der Waals surface area contributed by atoms with Crippen molar-refractivity contribution in [3.05, 3.63) is 11.9 Å². The molecule has 5 nitrogen and oxygen atoms in total. The molecular weight excluding hydrogens is 220 g/mol. The SMILES string of the molecule is CCC(O)(c1ncc(OC)nc1OC)C(C)C. The van der Waals surface area contributed by atoms with E-state index in [-0.39, 0.29) is 5.92 Å². The van der Waals surface area contributed by atoms with Gasteiger partial charge in [0, 0.05) is 0 Å². The predicted octanol–water partition coefficient (Wildman–Crippen LogP) is 1.75. The van der Waals surface area contributed by atoms with Crippen molar-refractivity contribution in [1.29, 1.82) is 0 Å². The van der Waals surface area contributed by atoms with Crippen LogP contribution in [0.3, 0.4) is 0 Å². The van der Waals surface area contributed by atoms with Crippen LogP contribution in [0.5, 0.6) is 11.8 Å². The average Bonchev–Trinajstić information content (AvgIpc) is 2.36. The first-order valence-electron chi connectivity index (χ1n) is 5.67. The van der Waals surface area contributed by atoms with Crippen molar-refractivity contribution in [2.75, 3.05) is 14.2 Å². The van der Waals surface area contributed by atoms with Crippen LogP contribution in [0.15, 0.2) is 6.20 Å². The molecule has 1 heterocycles. The molecule has 1 aromatic rings. The highest BCUT2D eigenvalue weighted by Gasteiger charge is 2.36. The second-order valence-corrected chi connectivity index (χ2v) is 4.20. The lowest BCUT2D eigenvalue weighted by Crippen LogP contribution is -2.33. The molecule has 0 aliphatic rings. The molecule has 1 rings (SSSR count). The van der Waals surface area contributed by atoms with Crippen molar-refractivity contribution < 1.29 is 14.6 Å². The van der Waals surface area contributed by atoms with E-state index in [9.17, 15) is 5.11 Å². The molecule has 0 fully saturated rings. The van der Waals surface area contributed by atoms with Gasteiger partial charge >= 0.3 is 0 Å². The molecule has 1 atom stereocenters. The van der Waals surface area contributed by atoms with Crippen molar-refractivity contribution in [2.24, 2.45) is 5.92 Å². The lowest BCUT2D eigenvalue weighted by atomic mass is 9.84. The Hall–Kier alpha value is -1.36. The van der Waals surface area contributed by atoms with Gasteiger partial charge in [0.15, 0.2) is 0 Å². The van der Waals surface area contributed by atoms with Gasteiger partial charge in [-0.1, -0.05) is 20.8 Å². The highest BCUT2D eigenvalue weighted by Crippen LogP contribution is 2.36. The number of aromatic nitrogens is 2. The molecule has 0 amide bonds. The minimum Gasteiger partial charge on any atom is -0.480 e. The zero-order chi connectivity index (χ0) is 13.1. The van der Waals surface area contributed by atoms with Crippen LogP contribution < -0.4 is 9.47 Å². The van der Waals surface area contributed by atoms with E-state index in [0.29, 0.717) is 23.9 Å². The number of hydrogen-bond acceptors (Lipinski definition) is 5. The molecule has 0 radical (unpaired) electrons. The molecule has 1 N–H and O–H groups in total. The summed E-state index contributed by atoms with van der Waals surface area (Å²) in [6.45, 7) is 5.79. The molecule has 0 aliphatic heterocycles. The Morgan fingerprint density at radius 2 is 2.00 bits per heavy atom. The van der Waals surface area contributed by atoms with Gasteiger partial charge in [-0.2, -0.15) is 4.98 Å². The highest BCUT2D eigenvalue weighted by molar-refractivity contribution is 5.28. The van der Waals surface area contributed by atoms with E-state index in [1.807, 2.05) is 20.8 Å². The molecular formula is C12H20N2O3. The zero-order valence-corrected chi connectivity index (χ0v) is 11.0. The maximum absolute atomic E-state index is 10.6. The summed E-state index contributed by atoms with van der Waals surface area (Å²) in [6.07, 6.45) is 2.03. The van der Waals surface area contributed by atoms with Crippen LogP contribution in [-0.2, 0) is 5.60 Å². The summed E-state index contributed by atoms with van der Waals surface area (Å²) in [5.41, 5.74) is -0.580. The van der Waals surface area contributed by atoms with E-state index in [1.165, 1.54) is 20.4 Å². The fourth-order valence-corrected chi connectivity index (χ4v) is 1.74. The summed E-state index contributed by atoms with van der Waals surface area (Å²) >= 11 is 0. The van der Waals surface area contributed by atoms with Gasteiger partial charge in [0.05, 0.1) is 20.4 Å². The minimum atomic E-state index is -1.04. The Morgan fingerprint density at radius 3 is 2.41 bits per heavy atom. The van der Waals surface area contributed by atoms with Gasteiger partial charge in [-0.05, 0) is 12.3 Å². The number of nitrogens with zero attached hydrogens (tertiary/aromatic N) is 2. The first kappa shape index (κ1) is 13.7. The number of ether oxygens (including phenoxy) is 2. The summed E-state index contributed by atoms with van der Waals surface area (Å²) in [4.78, 5) is 8.36. The molecule has 0 bridgehead atoms. The Kier molecular flexibility index (Phi) is 4.28. The third-order valence-corrected chi connectivity index (χ3v) is 3.03. The number of methoxy groups -OCH3 is 2. The zero-order valence-electron chi connectivity index (χ0n) is 11.0. The molecule has 0 aromatic carbocycles. The molecule has 17 heavy (non-hydrogen) atoms. The highest BCUT2D eigenvalue weighted by atomic mass is 16.5. The third kappa shape index (κ3) is 2.49. The number of aliphatic hydroxyl groups is 1. The van der Waals surface area contributed by atoms with E-state index < -0.39 is 5.60 Å². The van der Waals surface area contributed by atoms with Crippen LogP contribution in [0.2, 0.25) is 0 Å². The maximum Gasteiger partial charge on any atom is 0.241 e. The van der Waals surface area contributed by atoms with Gasteiger partial charge in [-0.15, -0.1) is 0 Å². The molecule has 0 saturated heterocycles. The van der Waals surface area contributed by atoms with Gasteiger partial charge < -0.3 is 14.6 Å². The summed E-state index contributed by atoms with van der Waals surface area (Å²) < 4.78 is 10.2. The van der Waals surface area contributed by atoms with E-state index in [2.05, 4.69) is 9.97 Å². The predicted molar refractivity (Wildman–Crippen MR) is 64.2 cm³/mol. The van der Waals surface area contributed by atoms with E-state index >= 15 is 0 Å². The van der Waals surface area contributed by atoms with Gasteiger partial charge in [0.1, 0.15) is 11.3 Å². The van der Waals surface area contributed by atoms with E-state index in [0.717, 1.165) is 0 Å². The molecule has 1 unspecified atom stereocenters. The number of hydrogen-bond donors (Lipinski definition) is 1. The quantitative estimate of drug-likeness (QED) is 0.849. The van der Waals surface area contributed by atoms with Crippen LogP contribution in [0.25, 0.3) is 0 Å². The van der Waals surface area contributed by atoms with E-state index in [1.54, 1.807) is 0 Å². The van der Waals surface area contributed by atoms with Crippen molar-refractivity contribution in [3.63, 3.8) is 0 Å². The van der Waals surface area contributed by atoms with E-state index in [4.69, 9.17) is 9.47 Å². The van der Waals surface area contributed by atoms with Crippen molar-refractivity contribution in [2.45, 2.75) is 32.8 Å². The second kappa shape index (κ2) is 5.31. The Morgan fingerprint density at radius 1 is 1.35 bits per heavy atom. The summed E-state index contributed by atoms with van der Waals surface area (Å²) in [7, 11) is 3.01. The smallest absolute Gasteiger partial charge is 0.241 e. The third-order valence-electron chi connectivity index (χ3n) is 3.03. The summed E-state index contributed by atoms with van der Waals surface area (Å²) in [5, 5.41) is 10.6. The molecule has 0 aliphatic carbocycles. The van der Waals surface area contributed by atoms with Gasteiger partial charge in [0.2, 0.25) is 11.8 Å². The van der Waals surface area contributed by atoms with Crippen LogP contribution in [0, 0.1) is 5.92 Å². The van der Waals surface area contributed by atoms with Gasteiger partial charge in [-0.25, -0.2) is 4.98 Å². The second-order valence-electron chi connectivity index (χ2n) is 4.20. The summed E-state index contributed by atoms with van der Waals surface area (Å²) in [6, 6.07) is 0. The average molecular weight is 240 g/mol. The molecule has 0 saturated carbocycles. The largest absolute Gasteiger partial charge is 0.480 e.